The summed E-state index contributed by atoms with van der Waals surface area (Å²) in [5.74, 6) is 0. The van der Waals surface area contributed by atoms with Gasteiger partial charge in [0.25, 0.3) is 0 Å². The molecular formula is C11H11BrN4. The SMILES string of the molecule is Brc1cncc(CNCc2ccncn2)c1. The van der Waals surface area contributed by atoms with Gasteiger partial charge in [-0.3, -0.25) is 4.98 Å². The highest BCUT2D eigenvalue weighted by Gasteiger charge is 1.96. The van der Waals surface area contributed by atoms with Crippen molar-refractivity contribution >= 4 is 15.9 Å². The van der Waals surface area contributed by atoms with Gasteiger partial charge in [0.15, 0.2) is 0 Å². The normalized spacial score (nSPS) is 10.3. The zero-order valence-corrected chi connectivity index (χ0v) is 10.2. The van der Waals surface area contributed by atoms with Crippen LogP contribution in [-0.2, 0) is 13.1 Å². The molecule has 0 radical (unpaired) electrons. The molecule has 2 aromatic heterocycles. The number of pyridine rings is 1. The molecule has 0 bridgehead atoms. The standard InChI is InChI=1S/C11H11BrN4/c12-10-3-9(4-14-6-10)5-15-7-11-1-2-13-8-16-11/h1-4,6,8,15H,5,7H2. The highest BCUT2D eigenvalue weighted by atomic mass is 79.9. The van der Waals surface area contributed by atoms with E-state index in [0.717, 1.165) is 28.8 Å². The maximum absolute atomic E-state index is 4.13. The van der Waals surface area contributed by atoms with Crippen molar-refractivity contribution < 1.29 is 0 Å². The zero-order chi connectivity index (χ0) is 11.2. The van der Waals surface area contributed by atoms with E-state index in [4.69, 9.17) is 0 Å². The summed E-state index contributed by atoms with van der Waals surface area (Å²) < 4.78 is 0.994. The van der Waals surface area contributed by atoms with Crippen LogP contribution in [0.1, 0.15) is 11.3 Å². The quantitative estimate of drug-likeness (QED) is 0.929. The fraction of sp³-hybridized carbons (Fsp3) is 0.182. The minimum Gasteiger partial charge on any atom is -0.307 e. The van der Waals surface area contributed by atoms with Crippen molar-refractivity contribution in [3.05, 3.63) is 52.8 Å². The monoisotopic (exact) mass is 278 g/mol. The van der Waals surface area contributed by atoms with Gasteiger partial charge < -0.3 is 5.32 Å². The lowest BCUT2D eigenvalue weighted by molar-refractivity contribution is 0.676. The minimum absolute atomic E-state index is 0.731. The van der Waals surface area contributed by atoms with E-state index in [0.29, 0.717) is 0 Å². The maximum Gasteiger partial charge on any atom is 0.115 e. The molecule has 0 fully saturated rings. The first-order valence-corrected chi connectivity index (χ1v) is 5.69. The number of halogens is 1. The molecule has 0 saturated carbocycles. The zero-order valence-electron chi connectivity index (χ0n) is 8.60. The van der Waals surface area contributed by atoms with Crippen LogP contribution in [0.2, 0.25) is 0 Å². The van der Waals surface area contributed by atoms with E-state index in [9.17, 15) is 0 Å². The summed E-state index contributed by atoms with van der Waals surface area (Å²) in [6.07, 6.45) is 6.91. The molecule has 0 spiro atoms. The molecule has 16 heavy (non-hydrogen) atoms. The minimum atomic E-state index is 0.731. The van der Waals surface area contributed by atoms with Gasteiger partial charge in [0.05, 0.1) is 5.69 Å². The van der Waals surface area contributed by atoms with E-state index in [1.165, 1.54) is 0 Å². The number of hydrogen-bond donors (Lipinski definition) is 1. The highest BCUT2D eigenvalue weighted by Crippen LogP contribution is 2.09. The van der Waals surface area contributed by atoms with Crippen molar-refractivity contribution in [3.8, 4) is 0 Å². The number of rotatable bonds is 4. The van der Waals surface area contributed by atoms with Crippen molar-refractivity contribution in [2.24, 2.45) is 0 Å². The Morgan fingerprint density at radius 2 is 2.12 bits per heavy atom. The van der Waals surface area contributed by atoms with Crippen molar-refractivity contribution in [3.63, 3.8) is 0 Å². The first-order valence-electron chi connectivity index (χ1n) is 4.89. The average Bonchev–Trinajstić information content (AvgIpc) is 2.30. The van der Waals surface area contributed by atoms with Crippen LogP contribution in [0.3, 0.4) is 0 Å². The number of nitrogens with zero attached hydrogens (tertiary/aromatic N) is 3. The summed E-state index contributed by atoms with van der Waals surface area (Å²) in [5, 5.41) is 3.29. The Balaban J connectivity index is 1.85. The molecule has 0 unspecified atom stereocenters. The molecule has 0 aliphatic heterocycles. The summed E-state index contributed by atoms with van der Waals surface area (Å²) in [6, 6.07) is 3.94. The molecule has 0 amide bonds. The van der Waals surface area contributed by atoms with Crippen molar-refractivity contribution in [2.75, 3.05) is 0 Å². The summed E-state index contributed by atoms with van der Waals surface area (Å²) in [7, 11) is 0. The molecule has 82 valence electrons. The van der Waals surface area contributed by atoms with Crippen LogP contribution < -0.4 is 5.32 Å². The van der Waals surface area contributed by atoms with Gasteiger partial charge in [0, 0.05) is 36.2 Å². The van der Waals surface area contributed by atoms with Crippen molar-refractivity contribution in [1.82, 2.24) is 20.3 Å². The Morgan fingerprint density at radius 1 is 1.19 bits per heavy atom. The molecule has 0 atom stereocenters. The Kier molecular flexibility index (Phi) is 3.96. The van der Waals surface area contributed by atoms with Crippen molar-refractivity contribution in [1.29, 1.82) is 0 Å². The Labute approximate surface area is 102 Å². The average molecular weight is 279 g/mol. The van der Waals surface area contributed by atoms with Gasteiger partial charge in [-0.1, -0.05) is 0 Å². The van der Waals surface area contributed by atoms with Crippen LogP contribution in [0.4, 0.5) is 0 Å². The molecule has 2 aromatic rings. The lowest BCUT2D eigenvalue weighted by Crippen LogP contribution is -2.13. The number of nitrogens with one attached hydrogen (secondary N) is 1. The molecule has 0 saturated heterocycles. The van der Waals surface area contributed by atoms with Crippen LogP contribution >= 0.6 is 15.9 Å². The van der Waals surface area contributed by atoms with Gasteiger partial charge in [-0.2, -0.15) is 0 Å². The molecule has 1 N–H and O–H groups in total. The second kappa shape index (κ2) is 5.67. The summed E-state index contributed by atoms with van der Waals surface area (Å²) >= 11 is 3.39. The first-order chi connectivity index (χ1) is 7.84. The summed E-state index contributed by atoms with van der Waals surface area (Å²) in [5.41, 5.74) is 2.13. The third-order valence-corrected chi connectivity index (χ3v) is 2.47. The Bertz CT molecular complexity index is 447. The van der Waals surface area contributed by atoms with E-state index in [-0.39, 0.29) is 0 Å². The first kappa shape index (κ1) is 11.2. The molecule has 0 aliphatic rings. The molecule has 0 aliphatic carbocycles. The molecule has 5 heteroatoms. The molecule has 2 heterocycles. The fourth-order valence-electron chi connectivity index (χ4n) is 1.31. The van der Waals surface area contributed by atoms with E-state index in [1.807, 2.05) is 18.3 Å². The largest absolute Gasteiger partial charge is 0.307 e. The topological polar surface area (TPSA) is 50.7 Å². The van der Waals surface area contributed by atoms with Gasteiger partial charge in [0.2, 0.25) is 0 Å². The second-order valence-electron chi connectivity index (χ2n) is 3.32. The van der Waals surface area contributed by atoms with Gasteiger partial charge in [0.1, 0.15) is 6.33 Å². The Morgan fingerprint density at radius 3 is 2.88 bits per heavy atom. The van der Waals surface area contributed by atoms with E-state index in [1.54, 1.807) is 18.7 Å². The number of aromatic nitrogens is 3. The molecular weight excluding hydrogens is 268 g/mol. The summed E-state index contributed by atoms with van der Waals surface area (Å²) in [6.45, 7) is 1.51. The molecule has 4 nitrogen and oxygen atoms in total. The lowest BCUT2D eigenvalue weighted by atomic mass is 10.3. The third-order valence-electron chi connectivity index (χ3n) is 2.04. The van der Waals surface area contributed by atoms with Crippen LogP contribution in [0, 0.1) is 0 Å². The van der Waals surface area contributed by atoms with E-state index >= 15 is 0 Å². The predicted molar refractivity (Wildman–Crippen MR) is 64.5 cm³/mol. The lowest BCUT2D eigenvalue weighted by Gasteiger charge is -2.04. The van der Waals surface area contributed by atoms with E-state index in [2.05, 4.69) is 36.2 Å². The molecule has 2 rings (SSSR count). The van der Waals surface area contributed by atoms with Gasteiger partial charge in [-0.15, -0.1) is 0 Å². The fourth-order valence-corrected chi connectivity index (χ4v) is 1.72. The van der Waals surface area contributed by atoms with E-state index < -0.39 is 0 Å². The highest BCUT2D eigenvalue weighted by molar-refractivity contribution is 9.10. The van der Waals surface area contributed by atoms with Gasteiger partial charge >= 0.3 is 0 Å². The van der Waals surface area contributed by atoms with Crippen molar-refractivity contribution in [2.45, 2.75) is 13.1 Å². The van der Waals surface area contributed by atoms with Gasteiger partial charge in [-0.05, 0) is 33.6 Å². The van der Waals surface area contributed by atoms with Crippen LogP contribution in [0.15, 0.2) is 41.5 Å². The van der Waals surface area contributed by atoms with Crippen LogP contribution in [0.5, 0.6) is 0 Å². The smallest absolute Gasteiger partial charge is 0.115 e. The number of hydrogen-bond acceptors (Lipinski definition) is 4. The molecule has 0 aromatic carbocycles. The van der Waals surface area contributed by atoms with Crippen LogP contribution in [-0.4, -0.2) is 15.0 Å². The van der Waals surface area contributed by atoms with Gasteiger partial charge in [-0.25, -0.2) is 9.97 Å². The van der Waals surface area contributed by atoms with Crippen LogP contribution in [0.25, 0.3) is 0 Å². The second-order valence-corrected chi connectivity index (χ2v) is 4.23. The maximum atomic E-state index is 4.13. The Hall–Kier alpha value is -1.33. The third kappa shape index (κ3) is 3.36. The summed E-state index contributed by atoms with van der Waals surface area (Å²) in [4.78, 5) is 12.1. The predicted octanol–water partition coefficient (Wildman–Crippen LogP) is 1.92.